The van der Waals surface area contributed by atoms with E-state index in [-0.39, 0.29) is 11.9 Å². The minimum atomic E-state index is -0.114. The average molecular weight is 340 g/mol. The molecule has 2 aliphatic rings. The minimum Gasteiger partial charge on any atom is -0.351 e. The van der Waals surface area contributed by atoms with Crippen LogP contribution in [0.4, 0.5) is 0 Å². The molecule has 25 heavy (non-hydrogen) atoms. The number of carbonyl (C=O) groups excluding carboxylic acids is 1. The Labute approximate surface area is 147 Å². The number of hydrazine groups is 1. The quantitative estimate of drug-likeness (QED) is 0.756. The van der Waals surface area contributed by atoms with Crippen molar-refractivity contribution in [2.45, 2.75) is 50.9 Å². The molecule has 1 aromatic heterocycles. The maximum Gasteiger partial charge on any atom is 0.239 e. The lowest BCUT2D eigenvalue weighted by Crippen LogP contribution is -2.45. The van der Waals surface area contributed by atoms with Gasteiger partial charge in [-0.1, -0.05) is 37.1 Å². The normalized spacial score (nSPS) is 25.5. The van der Waals surface area contributed by atoms with Crippen LogP contribution < -0.4 is 16.2 Å². The molecule has 2 aromatic rings. The number of amides is 1. The molecule has 0 radical (unpaired) electrons. The summed E-state index contributed by atoms with van der Waals surface area (Å²) in [5, 5.41) is 7.18. The highest BCUT2D eigenvalue weighted by Crippen LogP contribution is 2.30. The van der Waals surface area contributed by atoms with Gasteiger partial charge in [0.1, 0.15) is 18.7 Å². The van der Waals surface area contributed by atoms with Gasteiger partial charge in [-0.3, -0.25) is 10.2 Å². The Kier molecular flexibility index (Phi) is 4.76. The van der Waals surface area contributed by atoms with E-state index in [1.807, 2.05) is 0 Å². The third-order valence-corrected chi connectivity index (χ3v) is 5.26. The smallest absolute Gasteiger partial charge is 0.239 e. The summed E-state index contributed by atoms with van der Waals surface area (Å²) in [6, 6.07) is 8.57. The summed E-state index contributed by atoms with van der Waals surface area (Å²) in [7, 11) is 0. The summed E-state index contributed by atoms with van der Waals surface area (Å²) >= 11 is 0. The first kappa shape index (κ1) is 16.2. The van der Waals surface area contributed by atoms with Gasteiger partial charge in [0.25, 0.3) is 0 Å². The zero-order valence-corrected chi connectivity index (χ0v) is 14.2. The maximum absolute atomic E-state index is 12.5. The summed E-state index contributed by atoms with van der Waals surface area (Å²) in [6.07, 6.45) is 8.00. The first-order chi connectivity index (χ1) is 12.3. The maximum atomic E-state index is 12.5. The van der Waals surface area contributed by atoms with Crippen LogP contribution in [0.15, 0.2) is 36.9 Å². The van der Waals surface area contributed by atoms with Crippen molar-refractivity contribution in [3.05, 3.63) is 48.0 Å². The van der Waals surface area contributed by atoms with E-state index in [9.17, 15) is 4.79 Å². The highest BCUT2D eigenvalue weighted by atomic mass is 16.2. The van der Waals surface area contributed by atoms with Crippen molar-refractivity contribution >= 4 is 5.91 Å². The lowest BCUT2D eigenvalue weighted by molar-refractivity contribution is -0.124. The van der Waals surface area contributed by atoms with E-state index >= 15 is 0 Å². The van der Waals surface area contributed by atoms with Crippen LogP contribution in [0, 0.1) is 5.92 Å². The molecule has 7 heteroatoms. The SMILES string of the molecule is O=C(NCc1ccc(Cn2cncn2)cc1)C1NNC2CCCCC21. The Morgan fingerprint density at radius 2 is 1.96 bits per heavy atom. The Morgan fingerprint density at radius 3 is 2.76 bits per heavy atom. The molecule has 3 unspecified atom stereocenters. The monoisotopic (exact) mass is 340 g/mol. The molecule has 1 saturated carbocycles. The molecule has 3 N–H and O–H groups in total. The molecule has 1 amide bonds. The molecule has 7 nitrogen and oxygen atoms in total. The van der Waals surface area contributed by atoms with Gasteiger partial charge in [0.15, 0.2) is 0 Å². The van der Waals surface area contributed by atoms with Crippen molar-refractivity contribution < 1.29 is 4.79 Å². The third-order valence-electron chi connectivity index (χ3n) is 5.26. The van der Waals surface area contributed by atoms with Gasteiger partial charge in [-0.05, 0) is 24.0 Å². The predicted molar refractivity (Wildman–Crippen MR) is 93.2 cm³/mol. The summed E-state index contributed by atoms with van der Waals surface area (Å²) in [4.78, 5) is 16.5. The predicted octanol–water partition coefficient (Wildman–Crippen LogP) is 0.978. The van der Waals surface area contributed by atoms with Crippen LogP contribution in [0.5, 0.6) is 0 Å². The van der Waals surface area contributed by atoms with Crippen LogP contribution in [-0.2, 0) is 17.9 Å². The van der Waals surface area contributed by atoms with Crippen LogP contribution in [0.2, 0.25) is 0 Å². The highest BCUT2D eigenvalue weighted by molar-refractivity contribution is 5.82. The topological polar surface area (TPSA) is 83.9 Å². The fraction of sp³-hybridized carbons (Fsp3) is 0.500. The van der Waals surface area contributed by atoms with E-state index in [0.29, 0.717) is 25.0 Å². The van der Waals surface area contributed by atoms with Gasteiger partial charge in [0, 0.05) is 18.5 Å². The van der Waals surface area contributed by atoms with E-state index in [1.165, 1.54) is 19.2 Å². The number of fused-ring (bicyclic) bond motifs is 1. The third kappa shape index (κ3) is 3.72. The molecule has 3 atom stereocenters. The molecule has 1 aliphatic heterocycles. The second-order valence-corrected chi connectivity index (χ2v) is 6.95. The number of nitrogens with one attached hydrogen (secondary N) is 3. The number of hydrogen-bond acceptors (Lipinski definition) is 5. The number of benzene rings is 1. The molecule has 2 fully saturated rings. The van der Waals surface area contributed by atoms with E-state index in [0.717, 1.165) is 24.0 Å². The van der Waals surface area contributed by atoms with E-state index in [1.54, 1.807) is 11.0 Å². The molecule has 0 spiro atoms. The lowest BCUT2D eigenvalue weighted by atomic mass is 9.81. The van der Waals surface area contributed by atoms with Crippen molar-refractivity contribution in [2.75, 3.05) is 0 Å². The van der Waals surface area contributed by atoms with Crippen molar-refractivity contribution in [3.63, 3.8) is 0 Å². The van der Waals surface area contributed by atoms with Gasteiger partial charge < -0.3 is 5.32 Å². The molecule has 2 heterocycles. The van der Waals surface area contributed by atoms with E-state index < -0.39 is 0 Å². The summed E-state index contributed by atoms with van der Waals surface area (Å²) in [6.45, 7) is 1.26. The van der Waals surface area contributed by atoms with Crippen LogP contribution in [0.25, 0.3) is 0 Å². The molecule has 1 aromatic carbocycles. The zero-order chi connectivity index (χ0) is 17.1. The van der Waals surface area contributed by atoms with Crippen molar-refractivity contribution in [2.24, 2.45) is 5.92 Å². The summed E-state index contributed by atoms with van der Waals surface area (Å²) < 4.78 is 1.79. The average Bonchev–Trinajstić information content (AvgIpc) is 3.30. The van der Waals surface area contributed by atoms with E-state index in [4.69, 9.17) is 0 Å². The largest absolute Gasteiger partial charge is 0.351 e. The van der Waals surface area contributed by atoms with E-state index in [2.05, 4.69) is 50.5 Å². The van der Waals surface area contributed by atoms with Gasteiger partial charge in [-0.25, -0.2) is 15.1 Å². The molecular formula is C18H24N6O. The van der Waals surface area contributed by atoms with Gasteiger partial charge in [-0.15, -0.1) is 0 Å². The fourth-order valence-electron chi connectivity index (χ4n) is 3.86. The Morgan fingerprint density at radius 1 is 1.16 bits per heavy atom. The van der Waals surface area contributed by atoms with Gasteiger partial charge in [0.2, 0.25) is 5.91 Å². The zero-order valence-electron chi connectivity index (χ0n) is 14.2. The fourth-order valence-corrected chi connectivity index (χ4v) is 3.86. The van der Waals surface area contributed by atoms with Gasteiger partial charge >= 0.3 is 0 Å². The molecule has 0 bridgehead atoms. The van der Waals surface area contributed by atoms with Crippen molar-refractivity contribution in [3.8, 4) is 0 Å². The van der Waals surface area contributed by atoms with Crippen LogP contribution in [0.3, 0.4) is 0 Å². The van der Waals surface area contributed by atoms with Crippen molar-refractivity contribution in [1.29, 1.82) is 0 Å². The van der Waals surface area contributed by atoms with Gasteiger partial charge in [0.05, 0.1) is 6.54 Å². The first-order valence-electron chi connectivity index (χ1n) is 8.98. The standard InChI is InChI=1S/C18H24N6O/c25-18(17-15-3-1-2-4-16(15)22-23-17)20-9-13-5-7-14(8-6-13)10-24-12-19-11-21-24/h5-8,11-12,15-17,22-23H,1-4,9-10H2,(H,20,25). The minimum absolute atomic E-state index is 0.0913. The van der Waals surface area contributed by atoms with Crippen LogP contribution in [-0.4, -0.2) is 32.8 Å². The Bertz CT molecular complexity index is 699. The Balaban J connectivity index is 1.30. The van der Waals surface area contributed by atoms with Crippen LogP contribution >= 0.6 is 0 Å². The molecule has 4 rings (SSSR count). The van der Waals surface area contributed by atoms with Crippen molar-refractivity contribution in [1.82, 2.24) is 30.9 Å². The molecular weight excluding hydrogens is 316 g/mol. The highest BCUT2D eigenvalue weighted by Gasteiger charge is 2.40. The second kappa shape index (κ2) is 7.33. The summed E-state index contributed by atoms with van der Waals surface area (Å²) in [5.74, 6) is 0.507. The molecule has 1 aliphatic carbocycles. The number of hydrogen-bond donors (Lipinski definition) is 3. The lowest BCUT2D eigenvalue weighted by Gasteiger charge is -2.26. The number of rotatable bonds is 5. The number of carbonyl (C=O) groups is 1. The summed E-state index contributed by atoms with van der Waals surface area (Å²) in [5.41, 5.74) is 8.74. The Hall–Kier alpha value is -2.25. The number of aromatic nitrogens is 3. The molecule has 1 saturated heterocycles. The van der Waals surface area contributed by atoms with Crippen LogP contribution in [0.1, 0.15) is 36.8 Å². The molecule has 132 valence electrons. The van der Waals surface area contributed by atoms with Gasteiger partial charge in [-0.2, -0.15) is 5.10 Å². The number of nitrogens with zero attached hydrogens (tertiary/aromatic N) is 3. The first-order valence-corrected chi connectivity index (χ1v) is 8.98. The second-order valence-electron chi connectivity index (χ2n) is 6.95.